The maximum absolute atomic E-state index is 6.55. The fourth-order valence-corrected chi connectivity index (χ4v) is 15.3. The van der Waals surface area contributed by atoms with Crippen molar-refractivity contribution in [3.05, 3.63) is 158 Å². The quantitative estimate of drug-likeness (QED) is 0.0212. The van der Waals surface area contributed by atoms with Gasteiger partial charge in [-0.15, -0.1) is 23.5 Å². The third-order valence-electron chi connectivity index (χ3n) is 16.4. The summed E-state index contributed by atoms with van der Waals surface area (Å²) in [6, 6.07) is 55.8. The normalized spacial score (nSPS) is 11.4. The SMILES string of the molecule is CCCCCCCCSCCCCCCOc1c2ccccc2c(OCCCCCCSCCCCCCCC)c2ccccc12.c1ccc(SCCCCCCOc2c3ccccc3c(OCCCCCCSc3ccccc3)c3ccccc23)cc1. The Bertz CT molecular complexity index is 2740. The van der Waals surface area contributed by atoms with Crippen molar-refractivity contribution >= 4 is 90.1 Å². The maximum atomic E-state index is 6.55. The fourth-order valence-electron chi connectivity index (χ4n) is 11.4. The minimum Gasteiger partial charge on any atom is -0.492 e. The lowest BCUT2D eigenvalue weighted by Gasteiger charge is -2.18. The highest BCUT2D eigenvalue weighted by atomic mass is 32.2. The molecule has 8 aromatic carbocycles. The molecule has 0 atom stereocenters. The zero-order valence-corrected chi connectivity index (χ0v) is 57.4. The van der Waals surface area contributed by atoms with Gasteiger partial charge in [0, 0.05) is 52.9 Å². The highest BCUT2D eigenvalue weighted by molar-refractivity contribution is 7.99. The first-order valence-electron chi connectivity index (χ1n) is 34.7. The average Bonchev–Trinajstić information content (AvgIpc) is 2.79. The van der Waals surface area contributed by atoms with Crippen molar-refractivity contribution in [1.29, 1.82) is 0 Å². The molecule has 8 rings (SSSR count). The third kappa shape index (κ3) is 26.3. The first kappa shape index (κ1) is 70.9. The number of ether oxygens (including phenoxy) is 4. The lowest BCUT2D eigenvalue weighted by Crippen LogP contribution is -2.02. The molecule has 0 fully saturated rings. The van der Waals surface area contributed by atoms with Gasteiger partial charge in [0.2, 0.25) is 0 Å². The summed E-state index contributed by atoms with van der Waals surface area (Å²) >= 11 is 8.21. The van der Waals surface area contributed by atoms with Gasteiger partial charge in [0.25, 0.3) is 0 Å². The van der Waals surface area contributed by atoms with Crippen molar-refractivity contribution in [2.24, 2.45) is 0 Å². The van der Waals surface area contributed by atoms with Crippen molar-refractivity contribution in [2.75, 3.05) is 60.9 Å². The van der Waals surface area contributed by atoms with Crippen LogP contribution in [0.1, 0.15) is 194 Å². The van der Waals surface area contributed by atoms with Crippen molar-refractivity contribution in [1.82, 2.24) is 0 Å². The standard InChI is InChI=1S/C42H66O2S2.C38H42O2S2/c1-3-5-7-9-13-23-33-45-35-25-15-11-21-31-43-41-37-27-17-19-29-39(37)42(40-30-20-18-28-38(40)41)44-32-22-12-16-26-36-46-34-24-14-10-8-6-4-2;1(3-17-29-41-31-19-7-5-8-20-31)15-27-39-37-33-23-11-13-25-35(33)38(36-26-14-12-24-34(36)37)40-28-16-2-4-18-30-42-32-21-9-6-10-22-32/h17-20,27-30H,3-16,21-26,31-36H2,1-2H3;5-14,19-26H,1-4,15-18,27-30H2. The maximum Gasteiger partial charge on any atom is 0.135 e. The van der Waals surface area contributed by atoms with Gasteiger partial charge in [0.1, 0.15) is 23.0 Å². The summed E-state index contributed by atoms with van der Waals surface area (Å²) < 4.78 is 26.1. The summed E-state index contributed by atoms with van der Waals surface area (Å²) in [4.78, 5) is 2.72. The van der Waals surface area contributed by atoms with E-state index in [1.54, 1.807) is 0 Å². The molecule has 0 amide bonds. The summed E-state index contributed by atoms with van der Waals surface area (Å²) in [6.07, 6.45) is 36.3. The summed E-state index contributed by atoms with van der Waals surface area (Å²) in [7, 11) is 0. The van der Waals surface area contributed by atoms with Gasteiger partial charge in [-0.3, -0.25) is 0 Å². The van der Waals surface area contributed by atoms with E-state index in [1.165, 1.54) is 220 Å². The molecule has 0 unspecified atom stereocenters. The Balaban J connectivity index is 0.000000252. The van der Waals surface area contributed by atoms with Gasteiger partial charge in [-0.05, 0) is 123 Å². The number of unbranched alkanes of at least 4 members (excludes halogenated alkanes) is 22. The molecule has 476 valence electrons. The van der Waals surface area contributed by atoms with Gasteiger partial charge >= 0.3 is 0 Å². The van der Waals surface area contributed by atoms with Crippen LogP contribution in [0.3, 0.4) is 0 Å². The Morgan fingerprint density at radius 1 is 0.216 bits per heavy atom. The minimum absolute atomic E-state index is 0.739. The summed E-state index contributed by atoms with van der Waals surface area (Å²) in [5.74, 6) is 11.7. The Hall–Kier alpha value is -4.60. The number of hydrogen-bond donors (Lipinski definition) is 0. The number of thioether (sulfide) groups is 4. The molecule has 8 aromatic rings. The average molecular weight is 1260 g/mol. The number of fused-ring (bicyclic) bond motifs is 4. The van der Waals surface area contributed by atoms with Crippen LogP contribution in [0, 0.1) is 0 Å². The highest BCUT2D eigenvalue weighted by Crippen LogP contribution is 2.44. The second-order valence-corrected chi connectivity index (χ2v) is 28.4. The Morgan fingerprint density at radius 2 is 0.420 bits per heavy atom. The summed E-state index contributed by atoms with van der Waals surface area (Å²) in [5.41, 5.74) is 0. The van der Waals surface area contributed by atoms with Crippen LogP contribution in [0.4, 0.5) is 0 Å². The lowest BCUT2D eigenvalue weighted by atomic mass is 10.0. The number of hydrogen-bond acceptors (Lipinski definition) is 8. The van der Waals surface area contributed by atoms with E-state index in [0.29, 0.717) is 0 Å². The second-order valence-electron chi connectivity index (χ2n) is 23.6. The van der Waals surface area contributed by atoms with Crippen LogP contribution in [0.15, 0.2) is 168 Å². The molecule has 4 nitrogen and oxygen atoms in total. The molecular weight excluding hydrogens is 1150 g/mol. The van der Waals surface area contributed by atoms with Crippen LogP contribution in [0.2, 0.25) is 0 Å². The second kappa shape index (κ2) is 45.6. The molecular formula is C80H108O4S4. The van der Waals surface area contributed by atoms with E-state index >= 15 is 0 Å². The van der Waals surface area contributed by atoms with Crippen LogP contribution in [-0.4, -0.2) is 60.9 Å². The van der Waals surface area contributed by atoms with Gasteiger partial charge in [-0.2, -0.15) is 23.5 Å². The van der Waals surface area contributed by atoms with Crippen LogP contribution in [0.25, 0.3) is 43.1 Å². The van der Waals surface area contributed by atoms with Crippen LogP contribution in [-0.2, 0) is 0 Å². The molecule has 8 heteroatoms. The molecule has 0 saturated carbocycles. The monoisotopic (exact) mass is 1260 g/mol. The third-order valence-corrected chi connectivity index (χ3v) is 20.9. The van der Waals surface area contributed by atoms with E-state index in [2.05, 4.69) is 195 Å². The molecule has 88 heavy (non-hydrogen) atoms. The van der Waals surface area contributed by atoms with Crippen LogP contribution in [0.5, 0.6) is 23.0 Å². The molecule has 0 aliphatic carbocycles. The van der Waals surface area contributed by atoms with E-state index < -0.39 is 0 Å². The van der Waals surface area contributed by atoms with Crippen molar-refractivity contribution in [3.63, 3.8) is 0 Å². The van der Waals surface area contributed by atoms with Gasteiger partial charge in [-0.25, -0.2) is 0 Å². The van der Waals surface area contributed by atoms with E-state index in [-0.39, 0.29) is 0 Å². The van der Waals surface area contributed by atoms with Crippen molar-refractivity contribution in [3.8, 4) is 23.0 Å². The fraction of sp³-hybridized carbons (Fsp3) is 0.500. The van der Waals surface area contributed by atoms with Gasteiger partial charge in [0.05, 0.1) is 26.4 Å². The summed E-state index contributed by atoms with van der Waals surface area (Å²) in [5, 5.41) is 9.25. The largest absolute Gasteiger partial charge is 0.492 e. The Kier molecular flexibility index (Phi) is 36.7. The smallest absolute Gasteiger partial charge is 0.135 e. The van der Waals surface area contributed by atoms with Crippen molar-refractivity contribution in [2.45, 2.75) is 203 Å². The van der Waals surface area contributed by atoms with E-state index in [1.807, 2.05) is 23.5 Å². The summed E-state index contributed by atoms with van der Waals surface area (Å²) in [6.45, 7) is 7.61. The van der Waals surface area contributed by atoms with Crippen molar-refractivity contribution < 1.29 is 18.9 Å². The van der Waals surface area contributed by atoms with Gasteiger partial charge in [0.15, 0.2) is 0 Å². The molecule has 0 aromatic heterocycles. The molecule has 0 N–H and O–H groups in total. The number of benzene rings is 8. The molecule has 0 spiro atoms. The molecule has 0 bridgehead atoms. The van der Waals surface area contributed by atoms with Gasteiger partial charge in [-0.1, -0.05) is 263 Å². The first-order valence-corrected chi connectivity index (χ1v) is 38.9. The van der Waals surface area contributed by atoms with E-state index in [0.717, 1.165) is 96.7 Å². The highest BCUT2D eigenvalue weighted by Gasteiger charge is 2.18. The lowest BCUT2D eigenvalue weighted by molar-refractivity contribution is 0.307. The Labute approximate surface area is 550 Å². The number of rotatable bonds is 48. The molecule has 0 aliphatic heterocycles. The van der Waals surface area contributed by atoms with E-state index in [9.17, 15) is 0 Å². The molecule has 0 saturated heterocycles. The topological polar surface area (TPSA) is 36.9 Å². The predicted molar refractivity (Wildman–Crippen MR) is 394 cm³/mol. The predicted octanol–water partition coefficient (Wildman–Crippen LogP) is 25.5. The molecule has 0 aliphatic rings. The zero-order chi connectivity index (χ0) is 61.0. The minimum atomic E-state index is 0.739. The van der Waals surface area contributed by atoms with E-state index in [4.69, 9.17) is 18.9 Å². The Morgan fingerprint density at radius 3 is 0.670 bits per heavy atom. The van der Waals surface area contributed by atoms with Gasteiger partial charge < -0.3 is 18.9 Å². The zero-order valence-electron chi connectivity index (χ0n) is 54.1. The van der Waals surface area contributed by atoms with Crippen LogP contribution >= 0.6 is 47.0 Å². The van der Waals surface area contributed by atoms with Crippen LogP contribution < -0.4 is 18.9 Å². The molecule has 0 radical (unpaired) electrons. The molecule has 0 heterocycles. The first-order chi connectivity index (χ1) is 43.8.